The Labute approximate surface area is 167 Å². The van der Waals surface area contributed by atoms with Crippen molar-refractivity contribution in [2.45, 2.75) is 16.3 Å². The Morgan fingerprint density at radius 3 is 1.93 bits per heavy atom. The van der Waals surface area contributed by atoms with Crippen LogP contribution in [0, 0.1) is 0 Å². The number of nitrogens with zero attached hydrogens (tertiary/aromatic N) is 3. The molecular formula is C19H25N3O4S2. The van der Waals surface area contributed by atoms with E-state index in [1.54, 1.807) is 0 Å². The summed E-state index contributed by atoms with van der Waals surface area (Å²) in [6.07, 6.45) is 0. The lowest BCUT2D eigenvalue weighted by Gasteiger charge is -2.31. The molecule has 0 N–H and O–H groups in total. The molecule has 0 amide bonds. The van der Waals surface area contributed by atoms with Crippen LogP contribution in [0.2, 0.25) is 0 Å². The van der Waals surface area contributed by atoms with Crippen LogP contribution in [0.25, 0.3) is 0 Å². The van der Waals surface area contributed by atoms with Crippen molar-refractivity contribution in [3.05, 3.63) is 60.2 Å². The second kappa shape index (κ2) is 8.30. The zero-order chi connectivity index (χ0) is 20.4. The summed E-state index contributed by atoms with van der Waals surface area (Å²) < 4.78 is 53.8. The SMILES string of the molecule is CN1CCN(S(=O)(=O)c2ccc(S(=O)(=O)N(C)Cc3ccccc3)cc2)CC1. The molecule has 7 nitrogen and oxygen atoms in total. The zero-order valence-corrected chi connectivity index (χ0v) is 17.7. The lowest BCUT2D eigenvalue weighted by molar-refractivity contribution is 0.222. The predicted molar refractivity (Wildman–Crippen MR) is 108 cm³/mol. The number of piperazine rings is 1. The van der Waals surface area contributed by atoms with Crippen LogP contribution in [-0.4, -0.2) is 70.6 Å². The third-order valence-electron chi connectivity index (χ3n) is 4.88. The minimum atomic E-state index is -3.71. The fraction of sp³-hybridized carbons (Fsp3) is 0.368. The van der Waals surface area contributed by atoms with E-state index in [1.165, 1.54) is 39.9 Å². The molecule has 152 valence electrons. The number of hydrogen-bond acceptors (Lipinski definition) is 5. The number of likely N-dealkylation sites (N-methyl/N-ethyl adjacent to an activating group) is 1. The van der Waals surface area contributed by atoms with Crippen molar-refractivity contribution in [3.8, 4) is 0 Å². The summed E-state index contributed by atoms with van der Waals surface area (Å²) in [4.78, 5) is 2.26. The maximum atomic E-state index is 12.8. The molecule has 0 radical (unpaired) electrons. The molecular weight excluding hydrogens is 398 g/mol. The van der Waals surface area contributed by atoms with E-state index in [1.807, 2.05) is 37.4 Å². The summed E-state index contributed by atoms with van der Waals surface area (Å²) in [5.41, 5.74) is 0.878. The van der Waals surface area contributed by atoms with E-state index in [0.29, 0.717) is 26.2 Å². The fourth-order valence-electron chi connectivity index (χ4n) is 3.07. The maximum absolute atomic E-state index is 12.8. The van der Waals surface area contributed by atoms with Gasteiger partial charge in [0, 0.05) is 39.8 Å². The smallest absolute Gasteiger partial charge is 0.243 e. The molecule has 1 aliphatic heterocycles. The van der Waals surface area contributed by atoms with Crippen LogP contribution in [0.5, 0.6) is 0 Å². The average molecular weight is 424 g/mol. The molecule has 1 saturated heterocycles. The molecule has 0 spiro atoms. The number of hydrogen-bond donors (Lipinski definition) is 0. The Balaban J connectivity index is 1.77. The Morgan fingerprint density at radius 1 is 0.821 bits per heavy atom. The van der Waals surface area contributed by atoms with Gasteiger partial charge in [0.15, 0.2) is 0 Å². The van der Waals surface area contributed by atoms with Crippen LogP contribution >= 0.6 is 0 Å². The van der Waals surface area contributed by atoms with Crippen molar-refractivity contribution in [1.29, 1.82) is 0 Å². The second-order valence-electron chi connectivity index (χ2n) is 6.93. The first-order valence-corrected chi connectivity index (χ1v) is 11.9. The molecule has 1 aliphatic rings. The third kappa shape index (κ3) is 4.44. The van der Waals surface area contributed by atoms with Crippen molar-refractivity contribution in [2.75, 3.05) is 40.3 Å². The summed E-state index contributed by atoms with van der Waals surface area (Å²) >= 11 is 0. The van der Waals surface area contributed by atoms with E-state index in [4.69, 9.17) is 0 Å². The van der Waals surface area contributed by atoms with Crippen LogP contribution in [-0.2, 0) is 26.6 Å². The second-order valence-corrected chi connectivity index (χ2v) is 10.9. The van der Waals surface area contributed by atoms with E-state index in [2.05, 4.69) is 4.90 Å². The number of benzene rings is 2. The van der Waals surface area contributed by atoms with E-state index in [9.17, 15) is 16.8 Å². The molecule has 0 unspecified atom stereocenters. The van der Waals surface area contributed by atoms with Gasteiger partial charge in [-0.1, -0.05) is 30.3 Å². The fourth-order valence-corrected chi connectivity index (χ4v) is 5.65. The Kier molecular flexibility index (Phi) is 6.21. The Bertz CT molecular complexity index is 999. The predicted octanol–water partition coefficient (Wildman–Crippen LogP) is 1.44. The third-order valence-corrected chi connectivity index (χ3v) is 8.61. The van der Waals surface area contributed by atoms with Gasteiger partial charge >= 0.3 is 0 Å². The molecule has 28 heavy (non-hydrogen) atoms. The van der Waals surface area contributed by atoms with Gasteiger partial charge in [-0.15, -0.1) is 0 Å². The van der Waals surface area contributed by atoms with Gasteiger partial charge in [-0.25, -0.2) is 16.8 Å². The quantitative estimate of drug-likeness (QED) is 0.703. The first kappa shape index (κ1) is 20.9. The summed E-state index contributed by atoms with van der Waals surface area (Å²) in [7, 11) is -3.87. The maximum Gasteiger partial charge on any atom is 0.243 e. The largest absolute Gasteiger partial charge is 0.304 e. The molecule has 0 atom stereocenters. The summed E-state index contributed by atoms with van der Waals surface area (Å²) in [6.45, 7) is 2.45. The summed E-state index contributed by atoms with van der Waals surface area (Å²) in [6, 6.07) is 14.8. The molecule has 2 aromatic carbocycles. The normalized spacial score (nSPS) is 17.1. The van der Waals surface area contributed by atoms with E-state index < -0.39 is 20.0 Å². The van der Waals surface area contributed by atoms with Crippen molar-refractivity contribution in [1.82, 2.24) is 13.5 Å². The minimum absolute atomic E-state index is 0.0725. The topological polar surface area (TPSA) is 78.0 Å². The van der Waals surface area contributed by atoms with Gasteiger partial charge in [0.1, 0.15) is 0 Å². The van der Waals surface area contributed by atoms with Gasteiger partial charge in [0.05, 0.1) is 9.79 Å². The van der Waals surface area contributed by atoms with Crippen molar-refractivity contribution >= 4 is 20.0 Å². The lowest BCUT2D eigenvalue weighted by atomic mass is 10.2. The Morgan fingerprint density at radius 2 is 1.36 bits per heavy atom. The molecule has 3 rings (SSSR count). The highest BCUT2D eigenvalue weighted by Gasteiger charge is 2.28. The van der Waals surface area contributed by atoms with Crippen LogP contribution in [0.3, 0.4) is 0 Å². The minimum Gasteiger partial charge on any atom is -0.304 e. The van der Waals surface area contributed by atoms with E-state index in [-0.39, 0.29) is 16.3 Å². The monoisotopic (exact) mass is 423 g/mol. The molecule has 2 aromatic rings. The first-order valence-electron chi connectivity index (χ1n) is 9.00. The summed E-state index contributed by atoms with van der Waals surface area (Å²) in [5, 5.41) is 0. The van der Waals surface area contributed by atoms with Gasteiger partial charge in [-0.2, -0.15) is 8.61 Å². The van der Waals surface area contributed by atoms with Gasteiger partial charge in [-0.3, -0.25) is 0 Å². The molecule has 1 fully saturated rings. The van der Waals surface area contributed by atoms with E-state index in [0.717, 1.165) is 5.56 Å². The van der Waals surface area contributed by atoms with Crippen molar-refractivity contribution in [3.63, 3.8) is 0 Å². The van der Waals surface area contributed by atoms with Gasteiger partial charge < -0.3 is 4.90 Å². The molecule has 0 saturated carbocycles. The zero-order valence-electron chi connectivity index (χ0n) is 16.0. The standard InChI is InChI=1S/C19H25N3O4S2/c1-20-12-14-22(15-13-20)28(25,26)19-10-8-18(9-11-19)27(23,24)21(2)16-17-6-4-3-5-7-17/h3-11H,12-16H2,1-2H3. The number of rotatable bonds is 6. The van der Waals surface area contributed by atoms with Gasteiger partial charge in [0.2, 0.25) is 20.0 Å². The van der Waals surface area contributed by atoms with Crippen molar-refractivity contribution < 1.29 is 16.8 Å². The average Bonchev–Trinajstić information content (AvgIpc) is 2.69. The van der Waals surface area contributed by atoms with Crippen LogP contribution in [0.1, 0.15) is 5.56 Å². The first-order chi connectivity index (χ1) is 13.2. The van der Waals surface area contributed by atoms with Crippen LogP contribution < -0.4 is 0 Å². The summed E-state index contributed by atoms with van der Waals surface area (Å²) in [5.74, 6) is 0. The highest BCUT2D eigenvalue weighted by Crippen LogP contribution is 2.22. The lowest BCUT2D eigenvalue weighted by Crippen LogP contribution is -2.47. The van der Waals surface area contributed by atoms with Crippen LogP contribution in [0.15, 0.2) is 64.4 Å². The number of sulfonamides is 2. The molecule has 0 aliphatic carbocycles. The molecule has 9 heteroatoms. The van der Waals surface area contributed by atoms with Gasteiger partial charge in [-0.05, 0) is 36.9 Å². The van der Waals surface area contributed by atoms with Crippen molar-refractivity contribution in [2.24, 2.45) is 0 Å². The Hall–Kier alpha value is -1.78. The van der Waals surface area contributed by atoms with Crippen LogP contribution in [0.4, 0.5) is 0 Å². The molecule has 0 aromatic heterocycles. The highest BCUT2D eigenvalue weighted by atomic mass is 32.2. The van der Waals surface area contributed by atoms with Gasteiger partial charge in [0.25, 0.3) is 0 Å². The molecule has 1 heterocycles. The van der Waals surface area contributed by atoms with E-state index >= 15 is 0 Å². The molecule has 0 bridgehead atoms. The highest BCUT2D eigenvalue weighted by molar-refractivity contribution is 7.89.